The van der Waals surface area contributed by atoms with Crippen molar-refractivity contribution in [3.8, 4) is 22.8 Å². The summed E-state index contributed by atoms with van der Waals surface area (Å²) in [4.78, 5) is 21.2. The number of nitrogens with one attached hydrogen (secondary N) is 3. The van der Waals surface area contributed by atoms with E-state index in [2.05, 4.69) is 34.4 Å². The van der Waals surface area contributed by atoms with Crippen LogP contribution in [-0.4, -0.2) is 49.4 Å². The maximum Gasteiger partial charge on any atom is 0.255 e. The second kappa shape index (κ2) is 11.9. The molecule has 1 aromatic carbocycles. The average Bonchev–Trinajstić information content (AvgIpc) is 3.31. The molecule has 206 valence electrons. The molecule has 8 nitrogen and oxygen atoms in total. The fourth-order valence-electron chi connectivity index (χ4n) is 5.19. The largest absolute Gasteiger partial charge is 0.492 e. The third-order valence-corrected chi connectivity index (χ3v) is 7.58. The van der Waals surface area contributed by atoms with Gasteiger partial charge in [-0.2, -0.15) is 0 Å². The van der Waals surface area contributed by atoms with Gasteiger partial charge in [0.25, 0.3) is 5.91 Å². The van der Waals surface area contributed by atoms with Crippen LogP contribution in [-0.2, 0) is 4.74 Å². The van der Waals surface area contributed by atoms with Crippen molar-refractivity contribution in [2.24, 2.45) is 0 Å². The number of benzene rings is 1. The summed E-state index contributed by atoms with van der Waals surface area (Å²) in [6.45, 7) is 6.61. The van der Waals surface area contributed by atoms with Crippen molar-refractivity contribution in [3.63, 3.8) is 0 Å². The molecule has 2 aliphatic heterocycles. The van der Waals surface area contributed by atoms with Gasteiger partial charge in [-0.1, -0.05) is 17.2 Å². The Kier molecular flexibility index (Phi) is 8.16. The molecule has 0 aliphatic carbocycles. The predicted octanol–water partition coefficient (Wildman–Crippen LogP) is 6.10. The van der Waals surface area contributed by atoms with E-state index in [0.717, 1.165) is 36.9 Å². The minimum atomic E-state index is -0.496. The molecule has 2 aromatic heterocycles. The molecule has 0 radical (unpaired) electrons. The van der Waals surface area contributed by atoms with Crippen LogP contribution in [0.2, 0.25) is 0 Å². The Hall–Kier alpha value is -3.85. The number of H-pyrrole nitrogens is 1. The summed E-state index contributed by atoms with van der Waals surface area (Å²) < 4.78 is 32.1. The van der Waals surface area contributed by atoms with E-state index in [1.807, 2.05) is 6.07 Å². The monoisotopic (exact) mass is 534 g/mol. The number of aromatic nitrogens is 2. The lowest BCUT2D eigenvalue weighted by atomic mass is 9.92. The van der Waals surface area contributed by atoms with Crippen LogP contribution in [0.25, 0.3) is 11.3 Å². The van der Waals surface area contributed by atoms with Crippen molar-refractivity contribution in [2.45, 2.75) is 45.4 Å². The number of pyridine rings is 1. The molecule has 3 N–H and O–H groups in total. The number of nitrogens with zero attached hydrogens (tertiary/aromatic N) is 1. The number of carbonyl (C=O) groups is 1. The number of ether oxygens (including phenoxy) is 3. The molecule has 0 saturated heterocycles. The summed E-state index contributed by atoms with van der Waals surface area (Å²) in [6.07, 6.45) is 6.75. The molecular weight excluding hydrogens is 499 g/mol. The molecule has 2 aliphatic rings. The second-order valence-corrected chi connectivity index (χ2v) is 10.1. The first-order valence-corrected chi connectivity index (χ1v) is 13.4. The molecule has 0 saturated carbocycles. The van der Waals surface area contributed by atoms with Gasteiger partial charge in [0.1, 0.15) is 5.75 Å². The highest BCUT2D eigenvalue weighted by Crippen LogP contribution is 2.44. The topological polar surface area (TPSA) is 97.5 Å². The number of fused-ring (bicyclic) bond motifs is 3. The number of hydrogen-bond acceptors (Lipinski definition) is 6. The molecule has 2 bridgehead atoms. The smallest absolute Gasteiger partial charge is 0.255 e. The number of amides is 1. The third-order valence-electron chi connectivity index (χ3n) is 7.58. The highest BCUT2D eigenvalue weighted by molar-refractivity contribution is 6.07. The van der Waals surface area contributed by atoms with Crippen molar-refractivity contribution in [3.05, 3.63) is 64.9 Å². The first-order valence-electron chi connectivity index (χ1n) is 13.4. The summed E-state index contributed by atoms with van der Waals surface area (Å²) >= 11 is 0. The molecule has 4 heterocycles. The lowest BCUT2D eigenvalue weighted by Gasteiger charge is -2.24. The lowest BCUT2D eigenvalue weighted by molar-refractivity contribution is 0.0937. The molecule has 1 amide bonds. The van der Waals surface area contributed by atoms with Crippen LogP contribution in [0.15, 0.2) is 47.8 Å². The average molecular weight is 535 g/mol. The van der Waals surface area contributed by atoms with Gasteiger partial charge in [0.15, 0.2) is 11.6 Å². The van der Waals surface area contributed by atoms with Crippen LogP contribution >= 0.6 is 0 Å². The number of halogens is 1. The molecule has 5 rings (SSSR count). The fourth-order valence-corrected chi connectivity index (χ4v) is 5.19. The maximum atomic E-state index is 14.6. The normalized spacial score (nSPS) is 20.3. The summed E-state index contributed by atoms with van der Waals surface area (Å²) in [5, 5.41) is 6.36. The molecular formula is C30H35FN4O4. The summed E-state index contributed by atoms with van der Waals surface area (Å²) in [6, 6.07) is 6.53. The summed E-state index contributed by atoms with van der Waals surface area (Å²) in [5.74, 6) is 0.0432. The summed E-state index contributed by atoms with van der Waals surface area (Å²) in [5.41, 5.74) is 6.33. The Labute approximate surface area is 228 Å². The standard InChI is InChI=1S/C30H35FN4O4/c1-18-10-14-38-13-5-6-20-16-33-30(36)25-26(20)35-27(21-9-12-32-17-24(21)39-15-11-19(18)2)28(25)34-23-8-4-7-22(31)29(23)37-3/h4,7-9,12,17,20,34-35H,5-6,10-11,13-16H2,1-3H3,(H,33,36)/b19-18-. The number of aromatic amines is 1. The van der Waals surface area contributed by atoms with E-state index in [9.17, 15) is 9.18 Å². The number of para-hydroxylation sites is 1. The SMILES string of the molecule is COc1c(F)cccc1Nc1c2[nH]c3c1C(=O)NCC3CCCOCC/C(C)=C(/C)CCOc1cnccc1-2. The molecule has 9 heteroatoms. The Morgan fingerprint density at radius 2 is 1.95 bits per heavy atom. The van der Waals surface area contributed by atoms with Gasteiger partial charge in [-0.15, -0.1) is 0 Å². The number of rotatable bonds is 3. The number of anilines is 2. The first kappa shape index (κ1) is 26.7. The quantitative estimate of drug-likeness (QED) is 0.351. The Morgan fingerprint density at radius 3 is 2.77 bits per heavy atom. The van der Waals surface area contributed by atoms with Gasteiger partial charge in [0.2, 0.25) is 0 Å². The lowest BCUT2D eigenvalue weighted by Crippen LogP contribution is -2.35. The van der Waals surface area contributed by atoms with E-state index in [0.29, 0.717) is 54.7 Å². The van der Waals surface area contributed by atoms with E-state index < -0.39 is 5.82 Å². The molecule has 0 spiro atoms. The Morgan fingerprint density at radius 1 is 1.13 bits per heavy atom. The van der Waals surface area contributed by atoms with E-state index in [1.165, 1.54) is 24.3 Å². The van der Waals surface area contributed by atoms with Crippen LogP contribution in [0.4, 0.5) is 15.8 Å². The maximum absolute atomic E-state index is 14.6. The highest BCUT2D eigenvalue weighted by atomic mass is 19.1. The van der Waals surface area contributed by atoms with Crippen molar-refractivity contribution < 1.29 is 23.4 Å². The van der Waals surface area contributed by atoms with Gasteiger partial charge < -0.3 is 29.8 Å². The first-order chi connectivity index (χ1) is 19.0. The zero-order chi connectivity index (χ0) is 27.4. The molecule has 39 heavy (non-hydrogen) atoms. The zero-order valence-electron chi connectivity index (χ0n) is 22.7. The zero-order valence-corrected chi connectivity index (χ0v) is 22.7. The second-order valence-electron chi connectivity index (χ2n) is 10.1. The van der Waals surface area contributed by atoms with Gasteiger partial charge in [-0.3, -0.25) is 9.78 Å². The Balaban J connectivity index is 1.63. The number of methoxy groups -OCH3 is 1. The minimum absolute atomic E-state index is 0.0655. The van der Waals surface area contributed by atoms with Crippen molar-refractivity contribution in [1.82, 2.24) is 15.3 Å². The van der Waals surface area contributed by atoms with Crippen molar-refractivity contribution in [2.75, 3.05) is 38.8 Å². The van der Waals surface area contributed by atoms with E-state index in [-0.39, 0.29) is 17.6 Å². The van der Waals surface area contributed by atoms with Gasteiger partial charge >= 0.3 is 0 Å². The van der Waals surface area contributed by atoms with Crippen LogP contribution in [0.3, 0.4) is 0 Å². The van der Waals surface area contributed by atoms with E-state index >= 15 is 0 Å². The predicted molar refractivity (Wildman–Crippen MR) is 148 cm³/mol. The number of carbonyl (C=O) groups excluding carboxylic acids is 1. The molecule has 1 atom stereocenters. The number of hydrogen-bond donors (Lipinski definition) is 3. The molecule has 0 fully saturated rings. The van der Waals surface area contributed by atoms with E-state index in [4.69, 9.17) is 14.2 Å². The van der Waals surface area contributed by atoms with Crippen molar-refractivity contribution in [1.29, 1.82) is 0 Å². The van der Waals surface area contributed by atoms with Crippen LogP contribution in [0.5, 0.6) is 11.5 Å². The van der Waals surface area contributed by atoms with Gasteiger partial charge in [-0.25, -0.2) is 4.39 Å². The van der Waals surface area contributed by atoms with Crippen LogP contribution in [0, 0.1) is 5.82 Å². The highest BCUT2D eigenvalue weighted by Gasteiger charge is 2.33. The van der Waals surface area contributed by atoms with Gasteiger partial charge in [0, 0.05) is 42.9 Å². The van der Waals surface area contributed by atoms with Crippen LogP contribution < -0.4 is 20.1 Å². The van der Waals surface area contributed by atoms with Crippen LogP contribution in [0.1, 0.15) is 61.5 Å². The molecule has 1 unspecified atom stereocenters. The third kappa shape index (κ3) is 5.63. The minimum Gasteiger partial charge on any atom is -0.492 e. The van der Waals surface area contributed by atoms with Gasteiger partial charge in [0.05, 0.1) is 49.2 Å². The summed E-state index contributed by atoms with van der Waals surface area (Å²) in [7, 11) is 1.42. The van der Waals surface area contributed by atoms with Gasteiger partial charge in [-0.05, 0) is 51.3 Å². The van der Waals surface area contributed by atoms with Crippen molar-refractivity contribution >= 4 is 17.3 Å². The van der Waals surface area contributed by atoms with E-state index in [1.54, 1.807) is 24.5 Å². The fraction of sp³-hybridized carbons (Fsp3) is 0.400. The molecule has 3 aromatic rings. The Bertz CT molecular complexity index is 1380.